The Morgan fingerprint density at radius 1 is 0.741 bits per heavy atom. The molecule has 2 aromatic carbocycles. The van der Waals surface area contributed by atoms with Crippen LogP contribution in [0.15, 0.2) is 33.2 Å². The van der Waals surface area contributed by atoms with Gasteiger partial charge in [-0.15, -0.1) is 0 Å². The van der Waals surface area contributed by atoms with E-state index in [1.54, 1.807) is 12.1 Å². The molecular weight excluding hydrogens is 484 g/mol. The molecule has 0 aliphatic heterocycles. The lowest BCUT2D eigenvalue weighted by Gasteiger charge is -2.14. The third kappa shape index (κ3) is 4.62. The van der Waals surface area contributed by atoms with Gasteiger partial charge in [0.05, 0.1) is 37.4 Å². The van der Waals surface area contributed by atoms with Crippen molar-refractivity contribution in [2.75, 3.05) is 28.4 Å². The first-order valence-corrected chi connectivity index (χ1v) is 9.34. The zero-order valence-corrected chi connectivity index (χ0v) is 18.4. The van der Waals surface area contributed by atoms with Gasteiger partial charge in [-0.3, -0.25) is 0 Å². The van der Waals surface area contributed by atoms with E-state index in [1.807, 2.05) is 12.1 Å². The molecule has 0 radical (unpaired) electrons. The van der Waals surface area contributed by atoms with E-state index in [2.05, 4.69) is 31.9 Å². The maximum Gasteiger partial charge on any atom is 0.341 e. The summed E-state index contributed by atoms with van der Waals surface area (Å²) in [6.07, 6.45) is 0.458. The van der Waals surface area contributed by atoms with Crippen molar-refractivity contribution < 1.29 is 28.5 Å². The van der Waals surface area contributed by atoms with E-state index in [0.717, 1.165) is 11.1 Å². The Balaban J connectivity index is 2.51. The van der Waals surface area contributed by atoms with Crippen LogP contribution < -0.4 is 9.47 Å². The second kappa shape index (κ2) is 9.23. The highest BCUT2D eigenvalue weighted by molar-refractivity contribution is 9.10. The molecular formula is C19H18Br2O6. The van der Waals surface area contributed by atoms with Crippen molar-refractivity contribution in [3.05, 3.63) is 55.5 Å². The van der Waals surface area contributed by atoms with E-state index >= 15 is 0 Å². The van der Waals surface area contributed by atoms with Gasteiger partial charge in [0, 0.05) is 0 Å². The molecule has 0 N–H and O–H groups in total. The van der Waals surface area contributed by atoms with E-state index in [9.17, 15) is 9.59 Å². The minimum Gasteiger partial charge on any atom is -0.495 e. The monoisotopic (exact) mass is 500 g/mol. The molecule has 2 rings (SSSR count). The smallest absolute Gasteiger partial charge is 0.341 e. The van der Waals surface area contributed by atoms with Crippen molar-refractivity contribution in [3.63, 3.8) is 0 Å². The Labute approximate surface area is 174 Å². The molecule has 0 saturated carbocycles. The first kappa shape index (κ1) is 21.2. The Hall–Kier alpha value is -2.06. The number of esters is 2. The van der Waals surface area contributed by atoms with Crippen LogP contribution in [0, 0.1) is 0 Å². The zero-order valence-electron chi connectivity index (χ0n) is 15.2. The SMILES string of the molecule is COC(=O)c1cc(Cc2cc(Br)c(OC)c(C(=O)OC)c2)cc(Br)c1OC. The highest BCUT2D eigenvalue weighted by atomic mass is 79.9. The van der Waals surface area contributed by atoms with Crippen LogP contribution in [0.2, 0.25) is 0 Å². The molecule has 6 nitrogen and oxygen atoms in total. The summed E-state index contributed by atoms with van der Waals surface area (Å²) < 4.78 is 21.5. The lowest BCUT2D eigenvalue weighted by atomic mass is 10.00. The summed E-state index contributed by atoms with van der Waals surface area (Å²) in [5, 5.41) is 0. The summed E-state index contributed by atoms with van der Waals surface area (Å²) in [5.41, 5.74) is 2.28. The summed E-state index contributed by atoms with van der Waals surface area (Å²) in [5.74, 6) is -0.199. The van der Waals surface area contributed by atoms with Crippen molar-refractivity contribution >= 4 is 43.8 Å². The van der Waals surface area contributed by atoms with E-state index in [4.69, 9.17) is 18.9 Å². The fourth-order valence-corrected chi connectivity index (χ4v) is 4.02. The summed E-state index contributed by atoms with van der Waals surface area (Å²) >= 11 is 6.84. The van der Waals surface area contributed by atoms with Gasteiger partial charge in [-0.1, -0.05) is 0 Å². The number of hydrogen-bond acceptors (Lipinski definition) is 6. The number of halogens is 2. The summed E-state index contributed by atoms with van der Waals surface area (Å²) in [6.45, 7) is 0. The fourth-order valence-electron chi connectivity index (χ4n) is 2.68. The van der Waals surface area contributed by atoms with Crippen LogP contribution in [0.1, 0.15) is 31.8 Å². The third-order valence-corrected chi connectivity index (χ3v) is 5.01. The Morgan fingerprint density at radius 2 is 1.11 bits per heavy atom. The van der Waals surface area contributed by atoms with Crippen molar-refractivity contribution in [2.45, 2.75) is 6.42 Å². The van der Waals surface area contributed by atoms with Crippen LogP contribution in [-0.2, 0) is 15.9 Å². The molecule has 0 atom stereocenters. The van der Waals surface area contributed by atoms with Crippen molar-refractivity contribution in [3.8, 4) is 11.5 Å². The molecule has 2 aromatic rings. The van der Waals surface area contributed by atoms with Crippen molar-refractivity contribution in [2.24, 2.45) is 0 Å². The van der Waals surface area contributed by atoms with Crippen LogP contribution in [0.25, 0.3) is 0 Å². The minimum absolute atomic E-state index is 0.310. The Morgan fingerprint density at radius 3 is 1.41 bits per heavy atom. The third-order valence-electron chi connectivity index (χ3n) is 3.83. The molecule has 0 aliphatic carbocycles. The molecule has 0 heterocycles. The number of hydrogen-bond donors (Lipinski definition) is 0. The summed E-state index contributed by atoms with van der Waals surface area (Å²) in [7, 11) is 5.59. The average molecular weight is 502 g/mol. The van der Waals surface area contributed by atoms with Crippen LogP contribution in [-0.4, -0.2) is 40.4 Å². The van der Waals surface area contributed by atoms with Gasteiger partial charge in [0.15, 0.2) is 0 Å². The van der Waals surface area contributed by atoms with Crippen molar-refractivity contribution in [1.29, 1.82) is 0 Å². The maximum absolute atomic E-state index is 12.1. The van der Waals surface area contributed by atoms with E-state index in [1.165, 1.54) is 28.4 Å². The lowest BCUT2D eigenvalue weighted by molar-refractivity contribution is 0.0588. The van der Waals surface area contributed by atoms with Gasteiger partial charge < -0.3 is 18.9 Å². The van der Waals surface area contributed by atoms with E-state index < -0.39 is 11.9 Å². The molecule has 0 amide bonds. The first-order chi connectivity index (χ1) is 12.9. The number of methoxy groups -OCH3 is 4. The van der Waals surface area contributed by atoms with E-state index in [-0.39, 0.29) is 0 Å². The first-order valence-electron chi connectivity index (χ1n) is 7.75. The van der Waals surface area contributed by atoms with Gasteiger partial charge >= 0.3 is 11.9 Å². The zero-order chi connectivity index (χ0) is 20.1. The molecule has 0 spiro atoms. The quantitative estimate of drug-likeness (QED) is 0.546. The van der Waals surface area contributed by atoms with Gasteiger partial charge in [0.1, 0.15) is 22.6 Å². The minimum atomic E-state index is -0.499. The molecule has 8 heteroatoms. The Bertz CT molecular complexity index is 807. The van der Waals surface area contributed by atoms with Gasteiger partial charge in [-0.2, -0.15) is 0 Å². The standard InChI is InChI=1S/C19H18Br2O6/c1-24-16-12(18(22)26-3)6-10(8-14(16)20)5-11-7-13(19(23)27-4)17(25-2)15(21)9-11/h6-9H,5H2,1-4H3. The van der Waals surface area contributed by atoms with Crippen LogP contribution in [0.4, 0.5) is 0 Å². The van der Waals surface area contributed by atoms with Crippen LogP contribution >= 0.6 is 31.9 Å². The largest absolute Gasteiger partial charge is 0.495 e. The number of carbonyl (C=O) groups is 2. The number of rotatable bonds is 6. The topological polar surface area (TPSA) is 71.1 Å². The van der Waals surface area contributed by atoms with Crippen LogP contribution in [0.5, 0.6) is 11.5 Å². The van der Waals surface area contributed by atoms with Gasteiger partial charge in [-0.25, -0.2) is 9.59 Å². The predicted molar refractivity (Wildman–Crippen MR) is 107 cm³/mol. The average Bonchev–Trinajstić information content (AvgIpc) is 2.65. The number of benzene rings is 2. The highest BCUT2D eigenvalue weighted by Crippen LogP contribution is 2.34. The normalized spacial score (nSPS) is 10.3. The lowest BCUT2D eigenvalue weighted by Crippen LogP contribution is -2.07. The molecule has 0 saturated heterocycles. The molecule has 0 aromatic heterocycles. The molecule has 144 valence electrons. The molecule has 27 heavy (non-hydrogen) atoms. The molecule has 0 unspecified atom stereocenters. The highest BCUT2D eigenvalue weighted by Gasteiger charge is 2.20. The van der Waals surface area contributed by atoms with Crippen LogP contribution in [0.3, 0.4) is 0 Å². The summed E-state index contributed by atoms with van der Waals surface area (Å²) in [6, 6.07) is 7.10. The van der Waals surface area contributed by atoms with E-state index in [0.29, 0.717) is 38.0 Å². The van der Waals surface area contributed by atoms with Crippen molar-refractivity contribution in [1.82, 2.24) is 0 Å². The number of carbonyl (C=O) groups excluding carboxylic acids is 2. The molecule has 0 aliphatic rings. The van der Waals surface area contributed by atoms with Gasteiger partial charge in [0.2, 0.25) is 0 Å². The predicted octanol–water partition coefficient (Wildman–Crippen LogP) is 4.39. The maximum atomic E-state index is 12.1. The summed E-state index contributed by atoms with van der Waals surface area (Å²) in [4.78, 5) is 24.1. The Kier molecular flexibility index (Phi) is 7.26. The second-order valence-corrected chi connectivity index (χ2v) is 7.19. The molecule has 0 bridgehead atoms. The van der Waals surface area contributed by atoms with Gasteiger partial charge in [-0.05, 0) is 73.7 Å². The fraction of sp³-hybridized carbons (Fsp3) is 0.263. The van der Waals surface area contributed by atoms with Gasteiger partial charge in [0.25, 0.3) is 0 Å². The molecule has 0 fully saturated rings. The number of ether oxygens (including phenoxy) is 4. The second-order valence-electron chi connectivity index (χ2n) is 5.48.